The number of amides is 1. The highest BCUT2D eigenvalue weighted by molar-refractivity contribution is 6.32. The van der Waals surface area contributed by atoms with Crippen LogP contribution in [0.3, 0.4) is 0 Å². The molecule has 0 unspecified atom stereocenters. The van der Waals surface area contributed by atoms with Crippen LogP contribution >= 0.6 is 11.6 Å². The zero-order chi connectivity index (χ0) is 14.4. The number of benzene rings is 1. The van der Waals surface area contributed by atoms with Gasteiger partial charge in [-0.15, -0.1) is 0 Å². The van der Waals surface area contributed by atoms with Crippen molar-refractivity contribution in [3.63, 3.8) is 0 Å². The van der Waals surface area contributed by atoms with Gasteiger partial charge in [-0.05, 0) is 18.9 Å². The van der Waals surface area contributed by atoms with Crippen molar-refractivity contribution in [2.24, 2.45) is 5.73 Å². The van der Waals surface area contributed by atoms with E-state index < -0.39 is 0 Å². The van der Waals surface area contributed by atoms with E-state index in [0.29, 0.717) is 23.4 Å². The van der Waals surface area contributed by atoms with Gasteiger partial charge in [-0.3, -0.25) is 4.79 Å². The Morgan fingerprint density at radius 1 is 1.35 bits per heavy atom. The van der Waals surface area contributed by atoms with E-state index in [1.54, 1.807) is 6.07 Å². The molecule has 0 atom stereocenters. The van der Waals surface area contributed by atoms with Crippen molar-refractivity contribution in [1.29, 1.82) is 0 Å². The molecule has 0 bridgehead atoms. The molecule has 5 heteroatoms. The molecule has 1 saturated carbocycles. The molecule has 1 aromatic carbocycles. The number of carbonyl (C=O) groups is 1. The fourth-order valence-electron chi connectivity index (χ4n) is 2.53. The van der Waals surface area contributed by atoms with Crippen LogP contribution in [0, 0.1) is 0 Å². The number of hydrogen-bond acceptors (Lipinski definition) is 3. The van der Waals surface area contributed by atoms with E-state index in [0.717, 1.165) is 18.4 Å². The van der Waals surface area contributed by atoms with Crippen molar-refractivity contribution in [2.75, 3.05) is 6.61 Å². The first-order valence-electron chi connectivity index (χ1n) is 7.10. The van der Waals surface area contributed by atoms with Crippen LogP contribution in [0.2, 0.25) is 5.02 Å². The minimum atomic E-state index is -0.0974. The average Bonchev–Trinajstić information content (AvgIpc) is 2.46. The summed E-state index contributed by atoms with van der Waals surface area (Å²) in [7, 11) is 0. The first kappa shape index (κ1) is 15.1. The van der Waals surface area contributed by atoms with Gasteiger partial charge in [0.15, 0.2) is 6.61 Å². The number of para-hydroxylation sites is 1. The van der Waals surface area contributed by atoms with Gasteiger partial charge in [-0.2, -0.15) is 0 Å². The van der Waals surface area contributed by atoms with E-state index in [2.05, 4.69) is 5.32 Å². The number of nitrogens with two attached hydrogens (primary N) is 1. The summed E-state index contributed by atoms with van der Waals surface area (Å²) in [6, 6.07) is 5.69. The Hall–Kier alpha value is -1.26. The second kappa shape index (κ2) is 7.50. The zero-order valence-corrected chi connectivity index (χ0v) is 12.3. The Labute approximate surface area is 124 Å². The topological polar surface area (TPSA) is 64.3 Å². The van der Waals surface area contributed by atoms with Gasteiger partial charge in [0.25, 0.3) is 5.91 Å². The molecule has 0 radical (unpaired) electrons. The quantitative estimate of drug-likeness (QED) is 0.878. The maximum Gasteiger partial charge on any atom is 0.258 e. The third-order valence-corrected chi connectivity index (χ3v) is 3.88. The lowest BCUT2D eigenvalue weighted by atomic mass is 9.95. The highest BCUT2D eigenvalue weighted by atomic mass is 35.5. The molecular formula is C15H21ClN2O2. The number of ether oxygens (including phenoxy) is 1. The number of nitrogens with one attached hydrogen (secondary N) is 1. The van der Waals surface area contributed by atoms with Crippen LogP contribution in [0.25, 0.3) is 0 Å². The molecule has 0 aromatic heterocycles. The predicted molar refractivity (Wildman–Crippen MR) is 79.9 cm³/mol. The van der Waals surface area contributed by atoms with Gasteiger partial charge in [0.1, 0.15) is 5.75 Å². The van der Waals surface area contributed by atoms with E-state index in [1.807, 2.05) is 12.1 Å². The molecule has 2 rings (SSSR count). The van der Waals surface area contributed by atoms with Gasteiger partial charge >= 0.3 is 0 Å². The molecule has 1 fully saturated rings. The fourth-order valence-corrected chi connectivity index (χ4v) is 2.78. The lowest BCUT2D eigenvalue weighted by molar-refractivity contribution is -0.124. The lowest BCUT2D eigenvalue weighted by Gasteiger charge is -2.23. The van der Waals surface area contributed by atoms with Crippen molar-refractivity contribution in [1.82, 2.24) is 5.32 Å². The van der Waals surface area contributed by atoms with Crippen molar-refractivity contribution < 1.29 is 9.53 Å². The average molecular weight is 297 g/mol. The number of rotatable bonds is 5. The normalized spacial score (nSPS) is 15.9. The SMILES string of the molecule is NCc1cccc(Cl)c1OCC(=O)NC1CCCCC1. The van der Waals surface area contributed by atoms with Crippen LogP contribution in [0.15, 0.2) is 18.2 Å². The Morgan fingerprint density at radius 3 is 2.80 bits per heavy atom. The Morgan fingerprint density at radius 2 is 2.10 bits per heavy atom. The summed E-state index contributed by atoms with van der Waals surface area (Å²) in [5, 5.41) is 3.49. The van der Waals surface area contributed by atoms with Crippen LogP contribution in [-0.2, 0) is 11.3 Å². The lowest BCUT2D eigenvalue weighted by Crippen LogP contribution is -2.39. The smallest absolute Gasteiger partial charge is 0.258 e. The third-order valence-electron chi connectivity index (χ3n) is 3.59. The summed E-state index contributed by atoms with van der Waals surface area (Å²) < 4.78 is 5.54. The Bertz CT molecular complexity index is 459. The van der Waals surface area contributed by atoms with Gasteiger partial charge in [0.2, 0.25) is 0 Å². The van der Waals surface area contributed by atoms with Gasteiger partial charge in [0, 0.05) is 18.2 Å². The van der Waals surface area contributed by atoms with E-state index in [9.17, 15) is 4.79 Å². The molecule has 1 aromatic rings. The fraction of sp³-hybridized carbons (Fsp3) is 0.533. The Kier molecular flexibility index (Phi) is 5.68. The van der Waals surface area contributed by atoms with Crippen molar-refractivity contribution in [2.45, 2.75) is 44.7 Å². The molecule has 1 aliphatic rings. The molecule has 3 N–H and O–H groups in total. The van der Waals surface area contributed by atoms with Gasteiger partial charge in [-0.1, -0.05) is 43.0 Å². The molecule has 1 aliphatic carbocycles. The maximum absolute atomic E-state index is 11.9. The molecule has 0 saturated heterocycles. The third kappa shape index (κ3) is 4.12. The van der Waals surface area contributed by atoms with E-state index in [1.165, 1.54) is 19.3 Å². The molecule has 0 aliphatic heterocycles. The standard InChI is InChI=1S/C15H21ClN2O2/c16-13-8-4-5-11(9-17)15(13)20-10-14(19)18-12-6-2-1-3-7-12/h4-5,8,12H,1-3,6-7,9-10,17H2,(H,18,19). The van der Waals surface area contributed by atoms with Crippen LogP contribution < -0.4 is 15.8 Å². The van der Waals surface area contributed by atoms with Gasteiger partial charge in [0.05, 0.1) is 5.02 Å². The van der Waals surface area contributed by atoms with E-state index in [-0.39, 0.29) is 12.5 Å². The first-order chi connectivity index (χ1) is 9.70. The molecule has 0 spiro atoms. The molecule has 1 amide bonds. The van der Waals surface area contributed by atoms with Crippen molar-refractivity contribution >= 4 is 17.5 Å². The second-order valence-electron chi connectivity index (χ2n) is 5.12. The number of halogens is 1. The van der Waals surface area contributed by atoms with Crippen LogP contribution in [0.4, 0.5) is 0 Å². The highest BCUT2D eigenvalue weighted by Crippen LogP contribution is 2.28. The minimum Gasteiger partial charge on any atom is -0.482 e. The molecule has 20 heavy (non-hydrogen) atoms. The summed E-state index contributed by atoms with van der Waals surface area (Å²) >= 11 is 6.07. The zero-order valence-electron chi connectivity index (χ0n) is 11.5. The summed E-state index contributed by atoms with van der Waals surface area (Å²) in [5.74, 6) is 0.412. The largest absolute Gasteiger partial charge is 0.482 e. The Balaban J connectivity index is 1.86. The highest BCUT2D eigenvalue weighted by Gasteiger charge is 2.16. The predicted octanol–water partition coefficient (Wildman–Crippen LogP) is 2.63. The molecule has 4 nitrogen and oxygen atoms in total. The summed E-state index contributed by atoms with van der Waals surface area (Å²) in [6.07, 6.45) is 5.77. The minimum absolute atomic E-state index is 0.0206. The first-order valence-corrected chi connectivity index (χ1v) is 7.48. The van der Waals surface area contributed by atoms with E-state index in [4.69, 9.17) is 22.1 Å². The summed E-state index contributed by atoms with van der Waals surface area (Å²) in [6.45, 7) is 0.313. The maximum atomic E-state index is 11.9. The van der Waals surface area contributed by atoms with Crippen molar-refractivity contribution in [3.05, 3.63) is 28.8 Å². The number of hydrogen-bond donors (Lipinski definition) is 2. The van der Waals surface area contributed by atoms with E-state index >= 15 is 0 Å². The van der Waals surface area contributed by atoms with Gasteiger partial charge < -0.3 is 15.8 Å². The summed E-state index contributed by atoms with van der Waals surface area (Å²) in [5.41, 5.74) is 6.44. The van der Waals surface area contributed by atoms with Crippen LogP contribution in [0.5, 0.6) is 5.75 Å². The molecule has 0 heterocycles. The van der Waals surface area contributed by atoms with Crippen LogP contribution in [0.1, 0.15) is 37.7 Å². The number of carbonyl (C=O) groups excluding carboxylic acids is 1. The molecule has 110 valence electrons. The second-order valence-corrected chi connectivity index (χ2v) is 5.53. The monoisotopic (exact) mass is 296 g/mol. The van der Waals surface area contributed by atoms with Gasteiger partial charge in [-0.25, -0.2) is 0 Å². The van der Waals surface area contributed by atoms with Crippen molar-refractivity contribution in [3.8, 4) is 5.75 Å². The summed E-state index contributed by atoms with van der Waals surface area (Å²) in [4.78, 5) is 11.9. The molecular weight excluding hydrogens is 276 g/mol. The van der Waals surface area contributed by atoms with Crippen LogP contribution in [-0.4, -0.2) is 18.6 Å².